The van der Waals surface area contributed by atoms with Crippen molar-refractivity contribution in [3.63, 3.8) is 0 Å². The Morgan fingerprint density at radius 2 is 2.05 bits per heavy atom. The molecular weight excluding hydrogens is 266 g/mol. The van der Waals surface area contributed by atoms with E-state index < -0.39 is 0 Å². The molecule has 1 heterocycles. The molecule has 2 aromatic rings. The van der Waals surface area contributed by atoms with E-state index in [1.54, 1.807) is 11.3 Å². The van der Waals surface area contributed by atoms with Crippen LogP contribution in [0.4, 0.5) is 0 Å². The van der Waals surface area contributed by atoms with Crippen LogP contribution in [0.1, 0.15) is 31.7 Å². The highest BCUT2D eigenvalue weighted by atomic mass is 32.1. The van der Waals surface area contributed by atoms with Crippen LogP contribution in [-0.2, 0) is 4.79 Å². The van der Waals surface area contributed by atoms with Crippen molar-refractivity contribution in [2.24, 2.45) is 11.7 Å². The molecule has 0 spiro atoms. The van der Waals surface area contributed by atoms with Gasteiger partial charge < -0.3 is 5.73 Å². The second kappa shape index (κ2) is 6.82. The number of benzene rings is 1. The molecule has 0 saturated carbocycles. The van der Waals surface area contributed by atoms with Crippen LogP contribution in [0, 0.1) is 5.92 Å². The van der Waals surface area contributed by atoms with Crippen LogP contribution in [0.15, 0.2) is 41.1 Å². The summed E-state index contributed by atoms with van der Waals surface area (Å²) >= 11 is 1.69. The van der Waals surface area contributed by atoms with E-state index in [1.807, 2.05) is 19.9 Å². The van der Waals surface area contributed by atoms with Crippen molar-refractivity contribution in [1.82, 2.24) is 0 Å². The minimum Gasteiger partial charge on any atom is -0.330 e. The lowest BCUT2D eigenvalue weighted by molar-refractivity contribution is -0.122. The van der Waals surface area contributed by atoms with Crippen molar-refractivity contribution in [3.8, 4) is 11.1 Å². The summed E-state index contributed by atoms with van der Waals surface area (Å²) in [6, 6.07) is 10.5. The number of ketones is 1. The summed E-state index contributed by atoms with van der Waals surface area (Å²) < 4.78 is 0. The van der Waals surface area contributed by atoms with Crippen molar-refractivity contribution < 1.29 is 4.79 Å². The molecule has 0 radical (unpaired) electrons. The zero-order valence-electron chi connectivity index (χ0n) is 12.0. The van der Waals surface area contributed by atoms with Crippen LogP contribution < -0.4 is 5.73 Å². The molecule has 0 bridgehead atoms. The molecule has 2 N–H and O–H groups in total. The summed E-state index contributed by atoms with van der Waals surface area (Å²) in [4.78, 5) is 11.9. The van der Waals surface area contributed by atoms with Crippen LogP contribution in [0.3, 0.4) is 0 Å². The number of nitrogens with two attached hydrogens (primary N) is 1. The maximum absolute atomic E-state index is 11.9. The molecule has 106 valence electrons. The van der Waals surface area contributed by atoms with E-state index in [1.165, 1.54) is 11.1 Å². The first kappa shape index (κ1) is 14.9. The number of thiophene rings is 1. The number of carbonyl (C=O) groups excluding carboxylic acids is 1. The standard InChI is InChI=1S/C17H21NOS/c1-12(2)17(19)9-16(10-18)14-5-3-4-13(8-14)15-6-7-20-11-15/h3-8,11-12,16H,9-10,18H2,1-2H3/t16-/m1/s1. The van der Waals surface area contributed by atoms with Crippen LogP contribution >= 0.6 is 11.3 Å². The van der Waals surface area contributed by atoms with Crippen molar-refractivity contribution in [2.75, 3.05) is 6.54 Å². The predicted octanol–water partition coefficient (Wildman–Crippen LogP) is 4.07. The molecule has 0 saturated heterocycles. The largest absolute Gasteiger partial charge is 0.330 e. The molecule has 1 aromatic carbocycles. The van der Waals surface area contributed by atoms with Gasteiger partial charge in [0.15, 0.2) is 0 Å². The normalized spacial score (nSPS) is 12.6. The van der Waals surface area contributed by atoms with E-state index in [2.05, 4.69) is 35.0 Å². The minimum absolute atomic E-state index is 0.0732. The molecule has 0 aliphatic rings. The van der Waals surface area contributed by atoms with Gasteiger partial charge in [-0.1, -0.05) is 38.1 Å². The first-order valence-electron chi connectivity index (χ1n) is 6.97. The fourth-order valence-corrected chi connectivity index (χ4v) is 2.88. The molecule has 3 heteroatoms. The molecule has 0 fully saturated rings. The molecule has 0 aliphatic carbocycles. The van der Waals surface area contributed by atoms with Gasteiger partial charge in [0.1, 0.15) is 5.78 Å². The summed E-state index contributed by atoms with van der Waals surface area (Å²) in [5, 5.41) is 4.21. The average molecular weight is 287 g/mol. The Balaban J connectivity index is 2.22. The predicted molar refractivity (Wildman–Crippen MR) is 86.0 cm³/mol. The monoisotopic (exact) mass is 287 g/mol. The Kier molecular flexibility index (Phi) is 5.10. The van der Waals surface area contributed by atoms with E-state index in [4.69, 9.17) is 5.73 Å². The van der Waals surface area contributed by atoms with Crippen molar-refractivity contribution >= 4 is 17.1 Å². The summed E-state index contributed by atoms with van der Waals surface area (Å²) in [5.74, 6) is 0.467. The SMILES string of the molecule is CC(C)C(=O)C[C@H](CN)c1cccc(-c2ccsc2)c1. The quantitative estimate of drug-likeness (QED) is 0.870. The fraction of sp³-hybridized carbons (Fsp3) is 0.353. The summed E-state index contributed by atoms with van der Waals surface area (Å²) in [7, 11) is 0. The zero-order valence-corrected chi connectivity index (χ0v) is 12.8. The summed E-state index contributed by atoms with van der Waals surface area (Å²) in [6.07, 6.45) is 0.529. The molecule has 2 rings (SSSR count). The topological polar surface area (TPSA) is 43.1 Å². The van der Waals surface area contributed by atoms with Gasteiger partial charge in [-0.15, -0.1) is 0 Å². The van der Waals surface area contributed by atoms with Crippen LogP contribution in [0.2, 0.25) is 0 Å². The Bertz CT molecular complexity index is 560. The molecule has 1 atom stereocenters. The highest BCUT2D eigenvalue weighted by molar-refractivity contribution is 7.08. The zero-order chi connectivity index (χ0) is 14.5. The van der Waals surface area contributed by atoms with E-state index in [0.717, 1.165) is 5.56 Å². The Labute approximate surface area is 124 Å². The summed E-state index contributed by atoms with van der Waals surface area (Å²) in [6.45, 7) is 4.39. The lowest BCUT2D eigenvalue weighted by atomic mass is 9.89. The second-order valence-electron chi connectivity index (χ2n) is 5.40. The third-order valence-corrected chi connectivity index (χ3v) is 4.27. The van der Waals surface area contributed by atoms with Gasteiger partial charge in [-0.05, 0) is 40.1 Å². The highest BCUT2D eigenvalue weighted by Gasteiger charge is 2.17. The Morgan fingerprint density at radius 3 is 2.65 bits per heavy atom. The van der Waals surface area contributed by atoms with Crippen LogP contribution in [0.25, 0.3) is 11.1 Å². The fourth-order valence-electron chi connectivity index (χ4n) is 2.22. The molecule has 1 aromatic heterocycles. The number of hydrogen-bond acceptors (Lipinski definition) is 3. The van der Waals surface area contributed by atoms with Gasteiger partial charge in [0.25, 0.3) is 0 Å². The molecule has 0 unspecified atom stereocenters. The van der Waals surface area contributed by atoms with Gasteiger partial charge >= 0.3 is 0 Å². The number of Topliss-reactive ketones (excluding diaryl/α,β-unsaturated/α-hetero) is 1. The maximum atomic E-state index is 11.9. The smallest absolute Gasteiger partial charge is 0.136 e. The lowest BCUT2D eigenvalue weighted by Crippen LogP contribution is -2.19. The van der Waals surface area contributed by atoms with Gasteiger partial charge in [0.05, 0.1) is 0 Å². The van der Waals surface area contributed by atoms with E-state index in [-0.39, 0.29) is 17.6 Å². The molecule has 2 nitrogen and oxygen atoms in total. The van der Waals surface area contributed by atoms with Crippen molar-refractivity contribution in [1.29, 1.82) is 0 Å². The van der Waals surface area contributed by atoms with Gasteiger partial charge in [0.2, 0.25) is 0 Å². The van der Waals surface area contributed by atoms with Crippen LogP contribution in [-0.4, -0.2) is 12.3 Å². The van der Waals surface area contributed by atoms with E-state index >= 15 is 0 Å². The maximum Gasteiger partial charge on any atom is 0.136 e. The first-order chi connectivity index (χ1) is 9.61. The molecule has 0 amide bonds. The number of rotatable bonds is 6. The Morgan fingerprint density at radius 1 is 1.25 bits per heavy atom. The molecular formula is C17H21NOS. The van der Waals surface area contributed by atoms with Gasteiger partial charge in [-0.25, -0.2) is 0 Å². The Hall–Kier alpha value is -1.45. The molecule has 0 aliphatic heterocycles. The molecule has 20 heavy (non-hydrogen) atoms. The minimum atomic E-state index is 0.0732. The third-order valence-electron chi connectivity index (χ3n) is 3.59. The third kappa shape index (κ3) is 3.56. The van der Waals surface area contributed by atoms with Gasteiger partial charge in [-0.2, -0.15) is 11.3 Å². The van der Waals surface area contributed by atoms with Crippen molar-refractivity contribution in [2.45, 2.75) is 26.2 Å². The summed E-state index contributed by atoms with van der Waals surface area (Å²) in [5.41, 5.74) is 9.45. The number of hydrogen-bond donors (Lipinski definition) is 1. The van der Waals surface area contributed by atoms with Crippen molar-refractivity contribution in [3.05, 3.63) is 46.7 Å². The highest BCUT2D eigenvalue weighted by Crippen LogP contribution is 2.27. The number of carbonyl (C=O) groups is 1. The average Bonchev–Trinajstić information content (AvgIpc) is 2.98. The first-order valence-corrected chi connectivity index (χ1v) is 7.91. The lowest BCUT2D eigenvalue weighted by Gasteiger charge is -2.16. The van der Waals surface area contributed by atoms with Gasteiger partial charge in [0, 0.05) is 18.3 Å². The van der Waals surface area contributed by atoms with Gasteiger partial charge in [-0.3, -0.25) is 4.79 Å². The van der Waals surface area contributed by atoms with E-state index in [9.17, 15) is 4.79 Å². The van der Waals surface area contributed by atoms with Crippen LogP contribution in [0.5, 0.6) is 0 Å². The second-order valence-corrected chi connectivity index (χ2v) is 6.18. The van der Waals surface area contributed by atoms with E-state index in [0.29, 0.717) is 13.0 Å².